The molecule has 6 rings (SSSR count). The number of hydrogen-bond acceptors (Lipinski definition) is 9. The number of carbonyl (C=O) groups excluding carboxylic acids is 1. The average Bonchev–Trinajstić information content (AvgIpc) is 3.59. The average molecular weight is 633 g/mol. The van der Waals surface area contributed by atoms with Gasteiger partial charge in [-0.3, -0.25) is 9.36 Å². The Morgan fingerprint density at radius 3 is 2.61 bits per heavy atom. The molecule has 44 heavy (non-hydrogen) atoms. The number of nitrogens with zero attached hydrogens (tertiary/aromatic N) is 2. The van der Waals surface area contributed by atoms with Crippen LogP contribution in [0.5, 0.6) is 23.0 Å². The lowest BCUT2D eigenvalue weighted by atomic mass is 9.96. The van der Waals surface area contributed by atoms with Crippen LogP contribution >= 0.6 is 22.9 Å². The number of rotatable bonds is 8. The lowest BCUT2D eigenvalue weighted by Gasteiger charge is -2.25. The second kappa shape index (κ2) is 12.2. The Kier molecular flexibility index (Phi) is 8.20. The van der Waals surface area contributed by atoms with E-state index in [1.165, 1.54) is 11.3 Å². The molecule has 226 valence electrons. The van der Waals surface area contributed by atoms with E-state index < -0.39 is 12.0 Å². The molecule has 0 spiro atoms. The molecule has 9 nitrogen and oxygen atoms in total. The first kappa shape index (κ1) is 29.5. The van der Waals surface area contributed by atoms with Crippen LogP contribution in [0.4, 0.5) is 0 Å². The molecule has 0 bridgehead atoms. The van der Waals surface area contributed by atoms with Crippen LogP contribution in [-0.2, 0) is 16.1 Å². The normalized spacial score (nSPS) is 15.7. The van der Waals surface area contributed by atoms with Gasteiger partial charge in [0.05, 0.1) is 35.1 Å². The van der Waals surface area contributed by atoms with Crippen molar-refractivity contribution in [1.82, 2.24) is 4.57 Å². The highest BCUT2D eigenvalue weighted by Gasteiger charge is 2.33. The number of methoxy groups -OCH3 is 1. The second-order valence-corrected chi connectivity index (χ2v) is 11.9. The topological polar surface area (TPSA) is 97.6 Å². The van der Waals surface area contributed by atoms with Crippen molar-refractivity contribution in [3.63, 3.8) is 0 Å². The van der Waals surface area contributed by atoms with Crippen molar-refractivity contribution < 1.29 is 28.5 Å². The van der Waals surface area contributed by atoms with Crippen LogP contribution in [0, 0.1) is 0 Å². The molecule has 0 saturated heterocycles. The van der Waals surface area contributed by atoms with Crippen molar-refractivity contribution >= 4 is 35.0 Å². The fourth-order valence-corrected chi connectivity index (χ4v) is 6.23. The second-order valence-electron chi connectivity index (χ2n) is 10.5. The molecule has 0 N–H and O–H groups in total. The Bertz CT molecular complexity index is 1960. The van der Waals surface area contributed by atoms with E-state index in [2.05, 4.69) is 4.99 Å². The Hall–Kier alpha value is -4.54. The molecule has 3 heterocycles. The first-order chi connectivity index (χ1) is 21.2. The van der Waals surface area contributed by atoms with Crippen molar-refractivity contribution in [2.24, 2.45) is 4.99 Å². The van der Waals surface area contributed by atoms with Crippen LogP contribution in [0.2, 0.25) is 5.02 Å². The highest BCUT2D eigenvalue weighted by Crippen LogP contribution is 2.34. The molecular formula is C33H29ClN2O7S. The van der Waals surface area contributed by atoms with Gasteiger partial charge in [-0.05, 0) is 79.9 Å². The molecule has 1 atom stereocenters. The third-order valence-electron chi connectivity index (χ3n) is 7.09. The lowest BCUT2D eigenvalue weighted by molar-refractivity contribution is -0.143. The van der Waals surface area contributed by atoms with Crippen molar-refractivity contribution in [2.75, 3.05) is 13.9 Å². The van der Waals surface area contributed by atoms with Crippen LogP contribution in [0.25, 0.3) is 6.08 Å². The number of allylic oxidation sites excluding steroid dienone is 1. The summed E-state index contributed by atoms with van der Waals surface area (Å²) in [5.41, 5.74) is 2.90. The summed E-state index contributed by atoms with van der Waals surface area (Å²) in [7, 11) is 1.56. The Morgan fingerprint density at radius 2 is 1.86 bits per heavy atom. The van der Waals surface area contributed by atoms with Gasteiger partial charge in [0, 0.05) is 5.02 Å². The highest BCUT2D eigenvalue weighted by molar-refractivity contribution is 7.07. The molecule has 0 fully saturated rings. The summed E-state index contributed by atoms with van der Waals surface area (Å²) in [5, 5.41) is 0.547. The summed E-state index contributed by atoms with van der Waals surface area (Å²) < 4.78 is 30.0. The highest BCUT2D eigenvalue weighted by atomic mass is 35.5. The molecule has 2 aliphatic heterocycles. The SMILES string of the molecule is COc1cc(/C=c2\sc3n(c2=O)C(c2ccc(Cl)cc2)C(C(=O)OC(C)C)=C(C)N=3)ccc1OCc1ccc2c(c1)OCO2. The maximum absolute atomic E-state index is 13.9. The van der Waals surface area contributed by atoms with Crippen molar-refractivity contribution in [1.29, 1.82) is 0 Å². The van der Waals surface area contributed by atoms with E-state index in [0.29, 0.717) is 55.2 Å². The number of ether oxygens (including phenoxy) is 5. The molecule has 1 unspecified atom stereocenters. The number of aromatic nitrogens is 1. The van der Waals surface area contributed by atoms with Crippen LogP contribution in [0.3, 0.4) is 0 Å². The number of fused-ring (bicyclic) bond motifs is 2. The molecule has 0 amide bonds. The van der Waals surface area contributed by atoms with E-state index >= 15 is 0 Å². The molecule has 0 radical (unpaired) electrons. The van der Waals surface area contributed by atoms with E-state index in [4.69, 9.17) is 35.3 Å². The van der Waals surface area contributed by atoms with Crippen LogP contribution in [0.1, 0.15) is 43.5 Å². The summed E-state index contributed by atoms with van der Waals surface area (Å²) in [4.78, 5) is 32.3. The minimum absolute atomic E-state index is 0.208. The van der Waals surface area contributed by atoms with Gasteiger partial charge in [0.25, 0.3) is 5.56 Å². The number of benzene rings is 3. The van der Waals surface area contributed by atoms with Crippen LogP contribution < -0.4 is 33.8 Å². The molecule has 2 aliphatic rings. The first-order valence-corrected chi connectivity index (χ1v) is 15.1. The maximum atomic E-state index is 13.9. The van der Waals surface area contributed by atoms with Crippen LogP contribution in [0.15, 0.2) is 81.7 Å². The summed E-state index contributed by atoms with van der Waals surface area (Å²) in [6.45, 7) is 5.82. The monoisotopic (exact) mass is 632 g/mol. The predicted molar refractivity (Wildman–Crippen MR) is 166 cm³/mol. The van der Waals surface area contributed by atoms with Crippen molar-refractivity contribution in [3.05, 3.63) is 113 Å². The van der Waals surface area contributed by atoms with Gasteiger partial charge >= 0.3 is 5.97 Å². The number of esters is 1. The van der Waals surface area contributed by atoms with Gasteiger partial charge in [-0.15, -0.1) is 0 Å². The van der Waals surface area contributed by atoms with Gasteiger partial charge in [-0.1, -0.05) is 47.2 Å². The van der Waals surface area contributed by atoms with Gasteiger partial charge in [-0.2, -0.15) is 0 Å². The number of hydrogen-bond donors (Lipinski definition) is 0. The third kappa shape index (κ3) is 5.82. The predicted octanol–water partition coefficient (Wildman–Crippen LogP) is 5.16. The fourth-order valence-electron chi connectivity index (χ4n) is 5.06. The Balaban J connectivity index is 1.34. The maximum Gasteiger partial charge on any atom is 0.338 e. The lowest BCUT2D eigenvalue weighted by Crippen LogP contribution is -2.40. The summed E-state index contributed by atoms with van der Waals surface area (Å²) in [6, 6.07) is 17.5. The van der Waals surface area contributed by atoms with E-state index in [0.717, 1.165) is 16.7 Å². The zero-order chi connectivity index (χ0) is 31.0. The molecule has 0 aliphatic carbocycles. The fraction of sp³-hybridized carbons (Fsp3) is 0.242. The van der Waals surface area contributed by atoms with Gasteiger partial charge in [0.1, 0.15) is 6.61 Å². The molecule has 11 heteroatoms. The summed E-state index contributed by atoms with van der Waals surface area (Å²) in [6.07, 6.45) is 1.44. The van der Waals surface area contributed by atoms with Gasteiger partial charge < -0.3 is 23.7 Å². The van der Waals surface area contributed by atoms with Crippen molar-refractivity contribution in [3.8, 4) is 23.0 Å². The van der Waals surface area contributed by atoms with Gasteiger partial charge in [0.2, 0.25) is 6.79 Å². The molecule has 0 saturated carbocycles. The summed E-state index contributed by atoms with van der Waals surface area (Å²) >= 11 is 7.40. The number of halogens is 1. The zero-order valence-corrected chi connectivity index (χ0v) is 26.0. The van der Waals surface area contributed by atoms with E-state index in [1.54, 1.807) is 74.9 Å². The minimum atomic E-state index is -0.724. The number of carbonyl (C=O) groups is 1. The number of thiazole rings is 1. The molecule has 4 aromatic rings. The Morgan fingerprint density at radius 1 is 1.09 bits per heavy atom. The quantitative estimate of drug-likeness (QED) is 0.248. The largest absolute Gasteiger partial charge is 0.493 e. The molecular weight excluding hydrogens is 604 g/mol. The Labute approximate surface area is 262 Å². The van der Waals surface area contributed by atoms with Gasteiger partial charge in [0.15, 0.2) is 27.8 Å². The van der Waals surface area contributed by atoms with Crippen LogP contribution in [-0.4, -0.2) is 30.5 Å². The summed E-state index contributed by atoms with van der Waals surface area (Å²) in [5.74, 6) is 1.95. The third-order valence-corrected chi connectivity index (χ3v) is 8.32. The molecule has 1 aromatic heterocycles. The standard InChI is InChI=1S/C33H29ClN2O7S/c1-18(2)43-32(38)29-19(3)35-33-36(30(29)22-7-9-23(34)10-8-22)31(37)28(44-33)15-20-5-11-24(26(13-20)39-4)40-16-21-6-12-25-27(14-21)42-17-41-25/h5-15,18,30H,16-17H2,1-4H3/b28-15-. The first-order valence-electron chi connectivity index (χ1n) is 13.9. The molecule has 3 aromatic carbocycles. The van der Waals surface area contributed by atoms with E-state index in [9.17, 15) is 9.59 Å². The van der Waals surface area contributed by atoms with E-state index in [1.807, 2.05) is 24.3 Å². The van der Waals surface area contributed by atoms with E-state index in [-0.39, 0.29) is 18.5 Å². The zero-order valence-electron chi connectivity index (χ0n) is 24.5. The van der Waals surface area contributed by atoms with Crippen molar-refractivity contribution in [2.45, 2.75) is 39.5 Å². The van der Waals surface area contributed by atoms with Gasteiger partial charge in [-0.25, -0.2) is 9.79 Å². The smallest absolute Gasteiger partial charge is 0.338 e. The minimum Gasteiger partial charge on any atom is -0.493 e.